The number of rotatable bonds is 3. The van der Waals surface area contributed by atoms with Crippen molar-refractivity contribution in [1.82, 2.24) is 9.55 Å². The van der Waals surface area contributed by atoms with E-state index < -0.39 is 0 Å². The second-order valence-corrected chi connectivity index (χ2v) is 8.43. The van der Waals surface area contributed by atoms with Crippen LogP contribution < -0.4 is 0 Å². The zero-order chi connectivity index (χ0) is 18.1. The summed E-state index contributed by atoms with van der Waals surface area (Å²) in [5.74, 6) is 1.85. The highest BCUT2D eigenvalue weighted by atomic mass is 16.5. The molecular weight excluding hydrogens is 320 g/mol. The SMILES string of the molecule is CC(C)(C)c1nc(-c2cccc3ccccc23)cn1CC1CCOCC1. The summed E-state index contributed by atoms with van der Waals surface area (Å²) in [6.45, 7) is 9.57. The van der Waals surface area contributed by atoms with Crippen LogP contribution >= 0.6 is 0 Å². The van der Waals surface area contributed by atoms with Crippen LogP contribution in [0.2, 0.25) is 0 Å². The van der Waals surface area contributed by atoms with Crippen LogP contribution in [-0.2, 0) is 16.7 Å². The molecule has 0 amide bonds. The van der Waals surface area contributed by atoms with Gasteiger partial charge in [0.1, 0.15) is 5.82 Å². The fourth-order valence-electron chi connectivity index (χ4n) is 3.94. The Labute approximate surface area is 156 Å². The van der Waals surface area contributed by atoms with E-state index in [0.717, 1.165) is 38.3 Å². The molecule has 4 rings (SSSR count). The third-order valence-corrected chi connectivity index (χ3v) is 5.31. The minimum Gasteiger partial charge on any atom is -0.381 e. The summed E-state index contributed by atoms with van der Waals surface area (Å²) in [6, 6.07) is 15.1. The second kappa shape index (κ2) is 6.88. The van der Waals surface area contributed by atoms with Crippen molar-refractivity contribution >= 4 is 10.8 Å². The van der Waals surface area contributed by atoms with Gasteiger partial charge in [-0.2, -0.15) is 0 Å². The second-order valence-electron chi connectivity index (χ2n) is 8.43. The molecule has 0 unspecified atom stereocenters. The van der Waals surface area contributed by atoms with Crippen LogP contribution in [-0.4, -0.2) is 22.8 Å². The van der Waals surface area contributed by atoms with Crippen LogP contribution in [0.25, 0.3) is 22.0 Å². The van der Waals surface area contributed by atoms with Crippen molar-refractivity contribution in [3.8, 4) is 11.3 Å². The Hall–Kier alpha value is -2.13. The van der Waals surface area contributed by atoms with Gasteiger partial charge in [0, 0.05) is 36.9 Å². The lowest BCUT2D eigenvalue weighted by molar-refractivity contribution is 0.0608. The van der Waals surface area contributed by atoms with Gasteiger partial charge in [-0.15, -0.1) is 0 Å². The van der Waals surface area contributed by atoms with E-state index in [1.54, 1.807) is 0 Å². The fourth-order valence-corrected chi connectivity index (χ4v) is 3.94. The lowest BCUT2D eigenvalue weighted by Gasteiger charge is -2.25. The molecule has 3 aromatic rings. The van der Waals surface area contributed by atoms with Crippen LogP contribution in [0.3, 0.4) is 0 Å². The standard InChI is InChI=1S/C23H28N2O/c1-23(2,3)22-24-21(16-25(22)15-17-11-13-26-14-12-17)20-10-6-8-18-7-4-5-9-19(18)20/h4-10,16-17H,11-15H2,1-3H3. The van der Waals surface area contributed by atoms with Gasteiger partial charge in [0.15, 0.2) is 0 Å². The molecule has 0 saturated carbocycles. The van der Waals surface area contributed by atoms with Crippen molar-refractivity contribution in [3.63, 3.8) is 0 Å². The Morgan fingerprint density at radius 1 is 1.04 bits per heavy atom. The Morgan fingerprint density at radius 3 is 2.54 bits per heavy atom. The Morgan fingerprint density at radius 2 is 1.77 bits per heavy atom. The number of nitrogens with zero attached hydrogens (tertiary/aromatic N) is 2. The summed E-state index contributed by atoms with van der Waals surface area (Å²) in [7, 11) is 0. The Bertz CT molecular complexity index is 893. The topological polar surface area (TPSA) is 27.1 Å². The van der Waals surface area contributed by atoms with Gasteiger partial charge in [-0.1, -0.05) is 63.2 Å². The van der Waals surface area contributed by atoms with E-state index >= 15 is 0 Å². The van der Waals surface area contributed by atoms with E-state index in [0.29, 0.717) is 5.92 Å². The molecule has 3 heteroatoms. The summed E-state index contributed by atoms with van der Waals surface area (Å²) in [5.41, 5.74) is 2.33. The third-order valence-electron chi connectivity index (χ3n) is 5.31. The molecule has 0 radical (unpaired) electrons. The maximum absolute atomic E-state index is 5.53. The van der Waals surface area contributed by atoms with Crippen LogP contribution in [0.4, 0.5) is 0 Å². The predicted molar refractivity (Wildman–Crippen MR) is 107 cm³/mol. The monoisotopic (exact) mass is 348 g/mol. The zero-order valence-corrected chi connectivity index (χ0v) is 16.0. The first-order valence-corrected chi connectivity index (χ1v) is 9.66. The molecule has 3 nitrogen and oxygen atoms in total. The number of benzene rings is 2. The third kappa shape index (κ3) is 3.41. The highest BCUT2D eigenvalue weighted by molar-refractivity contribution is 5.95. The highest BCUT2D eigenvalue weighted by Gasteiger charge is 2.25. The molecule has 0 aliphatic carbocycles. The van der Waals surface area contributed by atoms with Gasteiger partial charge in [-0.05, 0) is 29.5 Å². The number of hydrogen-bond donors (Lipinski definition) is 0. The van der Waals surface area contributed by atoms with E-state index in [2.05, 4.69) is 74.0 Å². The quantitative estimate of drug-likeness (QED) is 0.631. The van der Waals surface area contributed by atoms with Crippen LogP contribution in [0.5, 0.6) is 0 Å². The largest absolute Gasteiger partial charge is 0.381 e. The molecule has 0 bridgehead atoms. The molecule has 1 aliphatic rings. The lowest BCUT2D eigenvalue weighted by atomic mass is 9.94. The normalized spacial score (nSPS) is 16.3. The molecule has 0 atom stereocenters. The van der Waals surface area contributed by atoms with Crippen molar-refractivity contribution < 1.29 is 4.74 Å². The molecule has 136 valence electrons. The molecule has 1 saturated heterocycles. The van der Waals surface area contributed by atoms with Gasteiger partial charge in [0.2, 0.25) is 0 Å². The van der Waals surface area contributed by atoms with Crippen molar-refractivity contribution in [2.24, 2.45) is 5.92 Å². The summed E-state index contributed by atoms with van der Waals surface area (Å²) in [6.07, 6.45) is 4.55. The van der Waals surface area contributed by atoms with Crippen molar-refractivity contribution in [3.05, 3.63) is 54.5 Å². The van der Waals surface area contributed by atoms with Gasteiger partial charge in [0.05, 0.1) is 5.69 Å². The molecule has 0 N–H and O–H groups in total. The first kappa shape index (κ1) is 17.3. The molecule has 1 fully saturated rings. The molecule has 2 aromatic carbocycles. The van der Waals surface area contributed by atoms with Gasteiger partial charge in [-0.25, -0.2) is 4.98 Å². The maximum atomic E-state index is 5.53. The van der Waals surface area contributed by atoms with E-state index in [-0.39, 0.29) is 5.41 Å². The Kier molecular flexibility index (Phi) is 4.58. The zero-order valence-electron chi connectivity index (χ0n) is 16.0. The van der Waals surface area contributed by atoms with E-state index in [1.807, 2.05) is 0 Å². The van der Waals surface area contributed by atoms with Crippen LogP contribution in [0.15, 0.2) is 48.7 Å². The number of fused-ring (bicyclic) bond motifs is 1. The number of imidazole rings is 1. The van der Waals surface area contributed by atoms with Gasteiger partial charge < -0.3 is 9.30 Å². The molecule has 1 aromatic heterocycles. The molecule has 2 heterocycles. The summed E-state index contributed by atoms with van der Waals surface area (Å²) < 4.78 is 7.93. The fraction of sp³-hybridized carbons (Fsp3) is 0.435. The van der Waals surface area contributed by atoms with E-state index in [4.69, 9.17) is 9.72 Å². The van der Waals surface area contributed by atoms with Gasteiger partial charge >= 0.3 is 0 Å². The van der Waals surface area contributed by atoms with E-state index in [1.165, 1.54) is 22.2 Å². The minimum absolute atomic E-state index is 0.0218. The van der Waals surface area contributed by atoms with Crippen molar-refractivity contribution in [1.29, 1.82) is 0 Å². The van der Waals surface area contributed by atoms with Crippen LogP contribution in [0, 0.1) is 5.92 Å². The molecule has 1 aliphatic heterocycles. The summed E-state index contributed by atoms with van der Waals surface area (Å²) >= 11 is 0. The molecule has 0 spiro atoms. The summed E-state index contributed by atoms with van der Waals surface area (Å²) in [5, 5.41) is 2.53. The number of ether oxygens (including phenoxy) is 1. The molecular formula is C23H28N2O. The Balaban J connectivity index is 1.77. The van der Waals surface area contributed by atoms with Crippen molar-refractivity contribution in [2.75, 3.05) is 13.2 Å². The maximum Gasteiger partial charge on any atom is 0.114 e. The van der Waals surface area contributed by atoms with Gasteiger partial charge in [-0.3, -0.25) is 0 Å². The summed E-state index contributed by atoms with van der Waals surface area (Å²) in [4.78, 5) is 5.10. The van der Waals surface area contributed by atoms with Gasteiger partial charge in [0.25, 0.3) is 0 Å². The first-order chi connectivity index (χ1) is 12.5. The van der Waals surface area contributed by atoms with E-state index in [9.17, 15) is 0 Å². The lowest BCUT2D eigenvalue weighted by Crippen LogP contribution is -2.24. The number of aromatic nitrogens is 2. The van der Waals surface area contributed by atoms with Crippen molar-refractivity contribution in [2.45, 2.75) is 45.6 Å². The highest BCUT2D eigenvalue weighted by Crippen LogP contribution is 2.32. The minimum atomic E-state index is 0.0218. The average Bonchev–Trinajstić information content (AvgIpc) is 3.06. The smallest absolute Gasteiger partial charge is 0.114 e. The van der Waals surface area contributed by atoms with Crippen LogP contribution in [0.1, 0.15) is 39.4 Å². The average molecular weight is 348 g/mol. The number of hydrogen-bond acceptors (Lipinski definition) is 2. The molecule has 26 heavy (non-hydrogen) atoms. The first-order valence-electron chi connectivity index (χ1n) is 9.66. The predicted octanol–water partition coefficient (Wildman–Crippen LogP) is 5.43.